The number of nitrogens with zero attached hydrogens (tertiary/aromatic N) is 3. The largest absolute Gasteiger partial charge is 0.337 e. The molecule has 0 saturated carbocycles. The molecule has 0 saturated heterocycles. The van der Waals surface area contributed by atoms with E-state index in [1.54, 1.807) is 24.3 Å². The zero-order valence-corrected chi connectivity index (χ0v) is 19.9. The third kappa shape index (κ3) is 5.29. The van der Waals surface area contributed by atoms with Crippen molar-refractivity contribution < 1.29 is 22.0 Å². The Morgan fingerprint density at radius 2 is 1.71 bits per heavy atom. The van der Waals surface area contributed by atoms with Crippen molar-refractivity contribution in [2.75, 3.05) is 6.54 Å². The zero-order chi connectivity index (χ0) is 25.2. The first-order valence-corrected chi connectivity index (χ1v) is 12.4. The summed E-state index contributed by atoms with van der Waals surface area (Å²) < 4.78 is 55.7. The van der Waals surface area contributed by atoms with E-state index in [1.165, 1.54) is 16.5 Å². The van der Waals surface area contributed by atoms with Gasteiger partial charge in [-0.2, -0.15) is 13.8 Å². The van der Waals surface area contributed by atoms with Crippen LogP contribution in [0.3, 0.4) is 0 Å². The lowest BCUT2D eigenvalue weighted by molar-refractivity contribution is 0.246. The number of fused-ring (bicyclic) bond motifs is 1. The fraction of sp³-hybridized carbons (Fsp3) is 0.208. The summed E-state index contributed by atoms with van der Waals surface area (Å²) in [4.78, 5) is 19.5. The molecule has 11 heteroatoms. The highest BCUT2D eigenvalue weighted by atomic mass is 32.2. The first kappa shape index (κ1) is 24.3. The number of carbonyl (C=O) groups excluding carboxylic acids is 1. The van der Waals surface area contributed by atoms with Crippen LogP contribution in [0.15, 0.2) is 59.6 Å². The number of imidazole rings is 1. The summed E-state index contributed by atoms with van der Waals surface area (Å²) in [6, 6.07) is 12.6. The number of benzene rings is 2. The van der Waals surface area contributed by atoms with Crippen molar-refractivity contribution >= 4 is 21.7 Å². The Kier molecular flexibility index (Phi) is 6.79. The molecule has 8 nitrogen and oxygen atoms in total. The molecule has 2 aromatic carbocycles. The van der Waals surface area contributed by atoms with Crippen LogP contribution in [0.4, 0.5) is 13.6 Å². The molecule has 2 aromatic heterocycles. The molecule has 4 rings (SSSR count). The molecule has 0 aliphatic heterocycles. The van der Waals surface area contributed by atoms with E-state index in [1.807, 2.05) is 30.7 Å². The number of carbonyl (C=O) groups is 1. The van der Waals surface area contributed by atoms with Gasteiger partial charge in [-0.3, -0.25) is 4.40 Å². The summed E-state index contributed by atoms with van der Waals surface area (Å²) in [7, 11) is -3.96. The molecule has 0 spiro atoms. The molecule has 2 N–H and O–H groups in total. The Morgan fingerprint density at radius 1 is 1.03 bits per heavy atom. The molecule has 35 heavy (non-hydrogen) atoms. The third-order valence-electron chi connectivity index (χ3n) is 5.43. The van der Waals surface area contributed by atoms with E-state index in [0.29, 0.717) is 24.2 Å². The maximum Gasteiger partial charge on any atom is 0.328 e. The second-order valence-electron chi connectivity index (χ2n) is 7.93. The molecule has 0 atom stereocenters. The lowest BCUT2D eigenvalue weighted by atomic mass is 10.0. The predicted octanol–water partition coefficient (Wildman–Crippen LogP) is 3.78. The SMILES string of the molecule is CCc1nc2c(F)nc(F)cn2c1-c1ccc(CCNC(=O)NS(=O)(=O)c2ccc(C)cc2)cc1. The molecule has 0 aliphatic carbocycles. The van der Waals surface area contributed by atoms with Crippen molar-refractivity contribution in [2.45, 2.75) is 31.6 Å². The van der Waals surface area contributed by atoms with Crippen molar-refractivity contribution in [1.29, 1.82) is 0 Å². The van der Waals surface area contributed by atoms with Gasteiger partial charge in [-0.1, -0.05) is 48.9 Å². The minimum absolute atomic E-state index is 0.00299. The van der Waals surface area contributed by atoms with Crippen LogP contribution in [-0.4, -0.2) is 35.4 Å². The second kappa shape index (κ2) is 9.79. The zero-order valence-electron chi connectivity index (χ0n) is 19.0. The van der Waals surface area contributed by atoms with E-state index in [-0.39, 0.29) is 17.1 Å². The molecule has 4 aromatic rings. The Labute approximate surface area is 201 Å². The van der Waals surface area contributed by atoms with Gasteiger partial charge in [0.15, 0.2) is 5.65 Å². The van der Waals surface area contributed by atoms with Crippen LogP contribution in [0.2, 0.25) is 0 Å². The molecule has 2 heterocycles. The lowest BCUT2D eigenvalue weighted by Gasteiger charge is -2.10. The number of hydrogen-bond acceptors (Lipinski definition) is 5. The van der Waals surface area contributed by atoms with Crippen LogP contribution in [0, 0.1) is 18.8 Å². The molecule has 182 valence electrons. The first-order valence-electron chi connectivity index (χ1n) is 10.9. The minimum atomic E-state index is -3.96. The van der Waals surface area contributed by atoms with E-state index >= 15 is 0 Å². The average molecular weight is 500 g/mol. The van der Waals surface area contributed by atoms with Gasteiger partial charge < -0.3 is 5.32 Å². The Morgan fingerprint density at radius 3 is 2.37 bits per heavy atom. The highest BCUT2D eigenvalue weighted by molar-refractivity contribution is 7.90. The van der Waals surface area contributed by atoms with Gasteiger partial charge in [0.25, 0.3) is 16.0 Å². The number of hydrogen-bond donors (Lipinski definition) is 2. The van der Waals surface area contributed by atoms with Crippen LogP contribution in [0.5, 0.6) is 0 Å². The van der Waals surface area contributed by atoms with E-state index < -0.39 is 27.9 Å². The van der Waals surface area contributed by atoms with Gasteiger partial charge in [0.2, 0.25) is 5.95 Å². The normalized spacial score (nSPS) is 11.5. The quantitative estimate of drug-likeness (QED) is 0.403. The van der Waals surface area contributed by atoms with Crippen molar-refractivity contribution in [3.05, 3.63) is 83.4 Å². The summed E-state index contributed by atoms with van der Waals surface area (Å²) >= 11 is 0. The van der Waals surface area contributed by atoms with Gasteiger partial charge in [0.05, 0.1) is 22.5 Å². The van der Waals surface area contributed by atoms with E-state index in [9.17, 15) is 22.0 Å². The van der Waals surface area contributed by atoms with Gasteiger partial charge in [-0.15, -0.1) is 0 Å². The fourth-order valence-electron chi connectivity index (χ4n) is 3.67. The minimum Gasteiger partial charge on any atom is -0.337 e. The molecule has 0 radical (unpaired) electrons. The van der Waals surface area contributed by atoms with Crippen molar-refractivity contribution in [3.63, 3.8) is 0 Å². The number of amides is 2. The average Bonchev–Trinajstić information content (AvgIpc) is 3.18. The predicted molar refractivity (Wildman–Crippen MR) is 126 cm³/mol. The van der Waals surface area contributed by atoms with E-state index in [0.717, 1.165) is 22.9 Å². The fourth-order valence-corrected chi connectivity index (χ4v) is 4.59. The lowest BCUT2D eigenvalue weighted by Crippen LogP contribution is -2.40. The number of urea groups is 1. The molecule has 0 unspecified atom stereocenters. The van der Waals surface area contributed by atoms with Crippen LogP contribution in [-0.2, 0) is 22.9 Å². The highest BCUT2D eigenvalue weighted by Crippen LogP contribution is 2.27. The number of aromatic nitrogens is 3. The van der Waals surface area contributed by atoms with Crippen LogP contribution >= 0.6 is 0 Å². The number of aryl methyl sites for hydroxylation is 2. The third-order valence-corrected chi connectivity index (χ3v) is 6.78. The smallest absolute Gasteiger partial charge is 0.328 e. The standard InChI is InChI=1S/C24H23F2N5O3S/c1-3-19-21(31-14-20(25)29-22(26)23(31)28-19)17-8-6-16(7-9-17)12-13-27-24(32)30-35(33,34)18-10-4-15(2)5-11-18/h4-11,14H,3,12-13H2,1-2H3,(H2,27,30,32). The Balaban J connectivity index is 1.41. The first-order chi connectivity index (χ1) is 16.7. The van der Waals surface area contributed by atoms with Gasteiger partial charge in [0, 0.05) is 12.1 Å². The number of halogens is 2. The molecule has 0 aliphatic rings. The van der Waals surface area contributed by atoms with Crippen LogP contribution < -0.4 is 10.0 Å². The number of rotatable bonds is 7. The van der Waals surface area contributed by atoms with Gasteiger partial charge in [-0.05, 0) is 37.5 Å². The molecule has 0 fully saturated rings. The number of nitrogens with one attached hydrogen (secondary N) is 2. The van der Waals surface area contributed by atoms with Crippen molar-refractivity contribution in [1.82, 2.24) is 24.4 Å². The maximum absolute atomic E-state index is 14.1. The highest BCUT2D eigenvalue weighted by Gasteiger charge is 2.18. The van der Waals surface area contributed by atoms with Crippen LogP contribution in [0.25, 0.3) is 16.9 Å². The summed E-state index contributed by atoms with van der Waals surface area (Å²) in [5, 5.41) is 2.53. The summed E-state index contributed by atoms with van der Waals surface area (Å²) in [5.74, 6) is -1.92. The Bertz CT molecular complexity index is 1480. The molecular weight excluding hydrogens is 476 g/mol. The second-order valence-corrected chi connectivity index (χ2v) is 9.61. The monoisotopic (exact) mass is 499 g/mol. The Hall–Kier alpha value is -3.86. The van der Waals surface area contributed by atoms with Crippen LogP contribution in [0.1, 0.15) is 23.7 Å². The topological polar surface area (TPSA) is 105 Å². The number of sulfonamides is 1. The summed E-state index contributed by atoms with van der Waals surface area (Å²) in [6.07, 6.45) is 2.06. The van der Waals surface area contributed by atoms with Crippen molar-refractivity contribution in [3.8, 4) is 11.3 Å². The van der Waals surface area contributed by atoms with E-state index in [4.69, 9.17) is 0 Å². The van der Waals surface area contributed by atoms with Crippen molar-refractivity contribution in [2.24, 2.45) is 0 Å². The summed E-state index contributed by atoms with van der Waals surface area (Å²) in [6.45, 7) is 3.91. The van der Waals surface area contributed by atoms with Gasteiger partial charge in [0.1, 0.15) is 0 Å². The molecule has 0 bridgehead atoms. The van der Waals surface area contributed by atoms with Gasteiger partial charge >= 0.3 is 6.03 Å². The molecular formula is C24H23F2N5O3S. The van der Waals surface area contributed by atoms with E-state index in [2.05, 4.69) is 15.3 Å². The van der Waals surface area contributed by atoms with Gasteiger partial charge in [-0.25, -0.2) is 22.9 Å². The molecule has 2 amide bonds. The maximum atomic E-state index is 14.1. The summed E-state index contributed by atoms with van der Waals surface area (Å²) in [5.41, 5.74) is 3.64.